The van der Waals surface area contributed by atoms with Gasteiger partial charge in [0.25, 0.3) is 0 Å². The summed E-state index contributed by atoms with van der Waals surface area (Å²) in [6, 6.07) is 7.32. The second-order valence-corrected chi connectivity index (χ2v) is 5.46. The van der Waals surface area contributed by atoms with Crippen LogP contribution in [0.3, 0.4) is 0 Å². The highest BCUT2D eigenvalue weighted by Crippen LogP contribution is 2.32. The number of pyridine rings is 1. The lowest BCUT2D eigenvalue weighted by atomic mass is 10.1. The number of nitrogens with two attached hydrogens (primary N) is 1. The van der Waals surface area contributed by atoms with Crippen LogP contribution in [0.15, 0.2) is 42.7 Å². The van der Waals surface area contributed by atoms with Crippen LogP contribution < -0.4 is 15.5 Å². The molecule has 1 aliphatic rings. The zero-order chi connectivity index (χ0) is 16.4. The molecule has 2 heterocycles. The predicted molar refractivity (Wildman–Crippen MR) is 84.5 cm³/mol. The van der Waals surface area contributed by atoms with E-state index < -0.39 is 11.7 Å². The molecule has 122 valence electrons. The lowest BCUT2D eigenvalue weighted by Crippen LogP contribution is -2.46. The Kier molecular flexibility index (Phi) is 4.02. The van der Waals surface area contributed by atoms with Crippen LogP contribution in [-0.2, 0) is 6.18 Å². The molecule has 1 fully saturated rings. The molecule has 0 unspecified atom stereocenters. The number of rotatable bonds is 2. The summed E-state index contributed by atoms with van der Waals surface area (Å²) in [5.41, 5.74) is 7.44. The van der Waals surface area contributed by atoms with Gasteiger partial charge >= 0.3 is 6.18 Å². The maximum Gasteiger partial charge on any atom is 0.416 e. The molecule has 2 N–H and O–H groups in total. The van der Waals surface area contributed by atoms with E-state index in [1.807, 2.05) is 11.0 Å². The monoisotopic (exact) mass is 322 g/mol. The topological polar surface area (TPSA) is 45.4 Å². The number of nitrogen functional groups attached to an aromatic ring is 1. The lowest BCUT2D eigenvalue weighted by molar-refractivity contribution is -0.137. The van der Waals surface area contributed by atoms with E-state index >= 15 is 0 Å². The van der Waals surface area contributed by atoms with Crippen LogP contribution in [-0.4, -0.2) is 31.2 Å². The second-order valence-electron chi connectivity index (χ2n) is 5.46. The molecule has 4 nitrogen and oxygen atoms in total. The molecule has 0 radical (unpaired) electrons. The van der Waals surface area contributed by atoms with Crippen molar-refractivity contribution >= 4 is 17.1 Å². The number of benzene rings is 1. The molecule has 1 aromatic carbocycles. The molecule has 0 spiro atoms. The zero-order valence-electron chi connectivity index (χ0n) is 12.4. The first kappa shape index (κ1) is 15.5. The van der Waals surface area contributed by atoms with Gasteiger partial charge in [-0.1, -0.05) is 6.07 Å². The first-order valence-corrected chi connectivity index (χ1v) is 7.32. The number of hydrogen-bond donors (Lipinski definition) is 1. The van der Waals surface area contributed by atoms with Gasteiger partial charge in [-0.25, -0.2) is 0 Å². The van der Waals surface area contributed by atoms with E-state index in [9.17, 15) is 13.2 Å². The molecule has 0 bridgehead atoms. The minimum atomic E-state index is -4.32. The van der Waals surface area contributed by atoms with Gasteiger partial charge in [-0.2, -0.15) is 13.2 Å². The molecule has 0 atom stereocenters. The first-order chi connectivity index (χ1) is 10.9. The molecule has 3 rings (SSSR count). The molecular formula is C16H17F3N4. The molecule has 1 aliphatic heterocycles. The molecule has 0 aliphatic carbocycles. The van der Waals surface area contributed by atoms with Gasteiger partial charge in [0.1, 0.15) is 0 Å². The molecular weight excluding hydrogens is 305 g/mol. The number of anilines is 3. The summed E-state index contributed by atoms with van der Waals surface area (Å²) in [7, 11) is 0. The van der Waals surface area contributed by atoms with Crippen LogP contribution in [0.25, 0.3) is 0 Å². The Morgan fingerprint density at radius 3 is 2.35 bits per heavy atom. The van der Waals surface area contributed by atoms with Gasteiger partial charge in [0, 0.05) is 38.1 Å². The molecule has 23 heavy (non-hydrogen) atoms. The number of nitrogens with zero attached hydrogens (tertiary/aromatic N) is 3. The molecule has 0 amide bonds. The van der Waals surface area contributed by atoms with E-state index in [0.29, 0.717) is 37.6 Å². The van der Waals surface area contributed by atoms with Crippen molar-refractivity contribution in [2.24, 2.45) is 0 Å². The Morgan fingerprint density at radius 2 is 1.70 bits per heavy atom. The van der Waals surface area contributed by atoms with E-state index in [1.54, 1.807) is 18.5 Å². The summed E-state index contributed by atoms with van der Waals surface area (Å²) in [4.78, 5) is 8.05. The minimum Gasteiger partial charge on any atom is -0.396 e. The third-order valence-corrected chi connectivity index (χ3v) is 3.99. The van der Waals surface area contributed by atoms with Crippen molar-refractivity contribution in [3.63, 3.8) is 0 Å². The van der Waals surface area contributed by atoms with Gasteiger partial charge < -0.3 is 15.5 Å². The third-order valence-electron chi connectivity index (χ3n) is 3.99. The molecule has 2 aromatic rings. The molecule has 1 saturated heterocycles. The Bertz CT molecular complexity index is 679. The van der Waals surface area contributed by atoms with Gasteiger partial charge in [-0.3, -0.25) is 4.98 Å². The summed E-state index contributed by atoms with van der Waals surface area (Å²) in [6.07, 6.45) is -1.03. The van der Waals surface area contributed by atoms with E-state index in [2.05, 4.69) is 9.88 Å². The highest BCUT2D eigenvalue weighted by atomic mass is 19.4. The van der Waals surface area contributed by atoms with E-state index in [4.69, 9.17) is 5.73 Å². The largest absolute Gasteiger partial charge is 0.416 e. The van der Waals surface area contributed by atoms with Crippen molar-refractivity contribution < 1.29 is 13.2 Å². The SMILES string of the molecule is Nc1cnccc1N1CCN(c2cccc(C(F)(F)F)c2)CC1. The molecule has 7 heteroatoms. The average Bonchev–Trinajstić information content (AvgIpc) is 2.55. The summed E-state index contributed by atoms with van der Waals surface area (Å²) in [6.45, 7) is 2.68. The summed E-state index contributed by atoms with van der Waals surface area (Å²) in [5, 5.41) is 0. The van der Waals surface area contributed by atoms with Crippen LogP contribution in [0, 0.1) is 0 Å². The van der Waals surface area contributed by atoms with Gasteiger partial charge in [0.05, 0.1) is 23.1 Å². The zero-order valence-corrected chi connectivity index (χ0v) is 12.4. The fourth-order valence-electron chi connectivity index (χ4n) is 2.77. The van der Waals surface area contributed by atoms with Crippen LogP contribution in [0.2, 0.25) is 0 Å². The number of piperazine rings is 1. The fraction of sp³-hybridized carbons (Fsp3) is 0.312. The third kappa shape index (κ3) is 3.33. The first-order valence-electron chi connectivity index (χ1n) is 7.32. The van der Waals surface area contributed by atoms with E-state index in [0.717, 1.165) is 11.8 Å². The second kappa shape index (κ2) is 5.98. The molecule has 0 saturated carbocycles. The maximum absolute atomic E-state index is 12.8. The van der Waals surface area contributed by atoms with Crippen LogP contribution in [0.5, 0.6) is 0 Å². The van der Waals surface area contributed by atoms with Crippen molar-refractivity contribution in [3.8, 4) is 0 Å². The summed E-state index contributed by atoms with van der Waals surface area (Å²) in [5.74, 6) is 0. The lowest BCUT2D eigenvalue weighted by Gasteiger charge is -2.37. The Balaban J connectivity index is 1.71. The number of halogens is 3. The number of aromatic nitrogens is 1. The standard InChI is InChI=1S/C16H17F3N4/c17-16(18,19)12-2-1-3-13(10-12)22-6-8-23(9-7-22)15-4-5-21-11-14(15)20/h1-5,10-11H,6-9,20H2. The highest BCUT2D eigenvalue weighted by molar-refractivity contribution is 5.66. The van der Waals surface area contributed by atoms with Crippen molar-refractivity contribution in [1.29, 1.82) is 0 Å². The average molecular weight is 322 g/mol. The predicted octanol–water partition coefficient (Wildman–Crippen LogP) is 3.01. The fourth-order valence-corrected chi connectivity index (χ4v) is 2.77. The van der Waals surface area contributed by atoms with Crippen molar-refractivity contribution in [2.75, 3.05) is 41.7 Å². The summed E-state index contributed by atoms with van der Waals surface area (Å²) >= 11 is 0. The van der Waals surface area contributed by atoms with Crippen LogP contribution in [0.4, 0.5) is 30.2 Å². The highest BCUT2D eigenvalue weighted by Gasteiger charge is 2.31. The van der Waals surface area contributed by atoms with Gasteiger partial charge in [-0.05, 0) is 24.3 Å². The normalized spacial score (nSPS) is 15.8. The van der Waals surface area contributed by atoms with Gasteiger partial charge in [0.2, 0.25) is 0 Å². The number of hydrogen-bond acceptors (Lipinski definition) is 4. The Hall–Kier alpha value is -2.44. The van der Waals surface area contributed by atoms with Crippen LogP contribution in [0.1, 0.15) is 5.56 Å². The van der Waals surface area contributed by atoms with Crippen LogP contribution >= 0.6 is 0 Å². The van der Waals surface area contributed by atoms with Gasteiger partial charge in [0.15, 0.2) is 0 Å². The summed E-state index contributed by atoms with van der Waals surface area (Å²) < 4.78 is 38.4. The van der Waals surface area contributed by atoms with Crippen molar-refractivity contribution in [1.82, 2.24) is 4.98 Å². The Morgan fingerprint density at radius 1 is 1.00 bits per heavy atom. The van der Waals surface area contributed by atoms with E-state index in [-0.39, 0.29) is 0 Å². The number of alkyl halides is 3. The quantitative estimate of drug-likeness (QED) is 0.923. The smallest absolute Gasteiger partial charge is 0.396 e. The van der Waals surface area contributed by atoms with E-state index in [1.165, 1.54) is 12.1 Å². The van der Waals surface area contributed by atoms with Crippen molar-refractivity contribution in [3.05, 3.63) is 48.3 Å². The minimum absolute atomic E-state index is 0.599. The Labute approximate surface area is 132 Å². The molecule has 1 aromatic heterocycles. The van der Waals surface area contributed by atoms with Gasteiger partial charge in [-0.15, -0.1) is 0 Å². The van der Waals surface area contributed by atoms with Crippen molar-refractivity contribution in [2.45, 2.75) is 6.18 Å². The maximum atomic E-state index is 12.8.